The molecule has 0 aliphatic carbocycles. The minimum absolute atomic E-state index is 0.344. The Morgan fingerprint density at radius 3 is 2.00 bits per heavy atom. The van der Waals surface area contributed by atoms with Gasteiger partial charge in [0.1, 0.15) is 0 Å². The molecule has 0 saturated carbocycles. The molecule has 0 aliphatic heterocycles. The van der Waals surface area contributed by atoms with Gasteiger partial charge in [0.15, 0.2) is 0 Å². The second-order valence-corrected chi connectivity index (χ2v) is 5.20. The molecule has 0 fully saturated rings. The highest BCUT2D eigenvalue weighted by Crippen LogP contribution is 2.11. The molecule has 0 heterocycles. The van der Waals surface area contributed by atoms with E-state index in [1.54, 1.807) is 0 Å². The summed E-state index contributed by atoms with van der Waals surface area (Å²) in [7, 11) is 0. The van der Waals surface area contributed by atoms with Gasteiger partial charge in [0.25, 0.3) is 0 Å². The van der Waals surface area contributed by atoms with E-state index in [0.717, 1.165) is 6.54 Å². The van der Waals surface area contributed by atoms with Crippen molar-refractivity contribution in [3.8, 4) is 0 Å². The largest absolute Gasteiger partial charge is 0.296 e. The van der Waals surface area contributed by atoms with Crippen LogP contribution in [0.25, 0.3) is 0 Å². The van der Waals surface area contributed by atoms with Crippen LogP contribution in [0.5, 0.6) is 0 Å². The second kappa shape index (κ2) is 6.41. The molecule has 0 spiro atoms. The van der Waals surface area contributed by atoms with Crippen LogP contribution < -0.4 is 10.6 Å². The van der Waals surface area contributed by atoms with Crippen LogP contribution in [0, 0.1) is 11.6 Å². The average Bonchev–Trinajstić information content (AvgIpc) is 2.09. The Balaban J connectivity index is 3.69. The third-order valence-corrected chi connectivity index (χ3v) is 2.29. The van der Waals surface area contributed by atoms with Crippen LogP contribution in [-0.4, -0.2) is 12.6 Å². The van der Waals surface area contributed by atoms with Crippen molar-refractivity contribution in [2.75, 3.05) is 6.54 Å². The van der Waals surface area contributed by atoms with Crippen molar-refractivity contribution in [1.29, 1.82) is 0 Å². The van der Waals surface area contributed by atoms with Crippen molar-refractivity contribution in [2.45, 2.75) is 60.4 Å². The van der Waals surface area contributed by atoms with Crippen LogP contribution >= 0.6 is 0 Å². The van der Waals surface area contributed by atoms with Crippen LogP contribution in [0.2, 0.25) is 0 Å². The Bertz CT molecular complexity index is 134. The minimum atomic E-state index is 0.344. The van der Waals surface area contributed by atoms with Crippen LogP contribution in [-0.2, 0) is 0 Å². The second-order valence-electron chi connectivity index (χ2n) is 5.20. The van der Waals surface area contributed by atoms with Gasteiger partial charge in [-0.15, -0.1) is 0 Å². The van der Waals surface area contributed by atoms with Gasteiger partial charge < -0.3 is 0 Å². The van der Waals surface area contributed by atoms with E-state index in [4.69, 9.17) is 0 Å². The van der Waals surface area contributed by atoms with Gasteiger partial charge >= 0.3 is 0 Å². The highest BCUT2D eigenvalue weighted by molar-refractivity contribution is 4.83. The van der Waals surface area contributed by atoms with E-state index in [9.17, 15) is 0 Å². The Morgan fingerprint density at radius 2 is 1.64 bits per heavy atom. The molecule has 2 N–H and O–H groups in total. The van der Waals surface area contributed by atoms with Gasteiger partial charge in [-0.1, -0.05) is 34.6 Å². The summed E-state index contributed by atoms with van der Waals surface area (Å²) >= 11 is 0. The van der Waals surface area contributed by atoms with Crippen LogP contribution in [0.15, 0.2) is 0 Å². The minimum Gasteiger partial charge on any atom is -0.296 e. The molecule has 0 atom stereocenters. The first-order valence-electron chi connectivity index (χ1n) is 5.73. The third kappa shape index (κ3) is 7.34. The Labute approximate surface area is 89.9 Å². The maximum Gasteiger partial charge on any atom is 0.0981 e. The summed E-state index contributed by atoms with van der Waals surface area (Å²) in [4.78, 5) is 0. The topological polar surface area (TPSA) is 24.1 Å². The summed E-state index contributed by atoms with van der Waals surface area (Å²) in [5, 5.41) is 6.92. The highest BCUT2D eigenvalue weighted by atomic mass is 15.1. The van der Waals surface area contributed by atoms with Crippen molar-refractivity contribution >= 4 is 0 Å². The van der Waals surface area contributed by atoms with Crippen molar-refractivity contribution in [1.82, 2.24) is 10.6 Å². The summed E-state index contributed by atoms with van der Waals surface area (Å²) in [5.74, 6) is 0. The normalized spacial score (nSPS) is 12.9. The van der Waals surface area contributed by atoms with E-state index in [1.807, 2.05) is 0 Å². The molecular formula is C12H27N2. The molecule has 1 radical (unpaired) electrons. The quantitative estimate of drug-likeness (QED) is 0.687. The molecule has 0 aromatic rings. The average molecular weight is 199 g/mol. The van der Waals surface area contributed by atoms with Crippen LogP contribution in [0.1, 0.15) is 54.4 Å². The van der Waals surface area contributed by atoms with Crippen LogP contribution in [0.3, 0.4) is 0 Å². The SMILES string of the molecule is CCC(CC)N[C](C)NCC(C)(C)C. The molecule has 85 valence electrons. The fourth-order valence-corrected chi connectivity index (χ4v) is 1.25. The van der Waals surface area contributed by atoms with Gasteiger partial charge in [-0.3, -0.25) is 10.6 Å². The predicted octanol–water partition coefficient (Wildman–Crippen LogP) is 2.91. The lowest BCUT2D eigenvalue weighted by atomic mass is 9.97. The molecule has 0 rings (SSSR count). The fraction of sp³-hybridized carbons (Fsp3) is 0.917. The first-order valence-corrected chi connectivity index (χ1v) is 5.73. The van der Waals surface area contributed by atoms with E-state index in [-0.39, 0.29) is 0 Å². The molecule has 0 unspecified atom stereocenters. The van der Waals surface area contributed by atoms with Crippen molar-refractivity contribution < 1.29 is 0 Å². The zero-order valence-corrected chi connectivity index (χ0v) is 10.7. The van der Waals surface area contributed by atoms with Crippen molar-refractivity contribution in [2.24, 2.45) is 5.41 Å². The van der Waals surface area contributed by atoms with Crippen LogP contribution in [0.4, 0.5) is 0 Å². The predicted molar refractivity (Wildman–Crippen MR) is 63.9 cm³/mol. The number of hydrogen-bond acceptors (Lipinski definition) is 2. The zero-order chi connectivity index (χ0) is 11.2. The molecule has 0 bridgehead atoms. The molecule has 2 nitrogen and oxygen atoms in total. The van der Waals surface area contributed by atoms with E-state index in [1.165, 1.54) is 19.0 Å². The maximum absolute atomic E-state index is 3.49. The Kier molecular flexibility index (Phi) is 6.38. The van der Waals surface area contributed by atoms with Gasteiger partial charge in [0, 0.05) is 12.6 Å². The first-order chi connectivity index (χ1) is 6.39. The summed E-state index contributed by atoms with van der Waals surface area (Å²) in [6, 6.07) is 0.613. The molecule has 0 aromatic heterocycles. The van der Waals surface area contributed by atoms with Gasteiger partial charge in [-0.2, -0.15) is 0 Å². The molecule has 0 aromatic carbocycles. The molecule has 2 heteroatoms. The van der Waals surface area contributed by atoms with Gasteiger partial charge in [-0.05, 0) is 25.2 Å². The Hall–Kier alpha value is -0.0800. The molecule has 0 saturated heterocycles. The van der Waals surface area contributed by atoms with Gasteiger partial charge in [-0.25, -0.2) is 0 Å². The summed E-state index contributed by atoms with van der Waals surface area (Å²) in [6.45, 7) is 14.3. The standard InChI is InChI=1S/C12H27N2/c1-7-11(8-2)14-10(3)13-9-12(4,5)6/h11,13-14H,7-9H2,1-6H3. The number of hydrogen-bond donors (Lipinski definition) is 2. The number of rotatable bonds is 6. The Morgan fingerprint density at radius 1 is 1.14 bits per heavy atom. The third-order valence-electron chi connectivity index (χ3n) is 2.29. The lowest BCUT2D eigenvalue weighted by Gasteiger charge is -2.25. The van der Waals surface area contributed by atoms with E-state index >= 15 is 0 Å². The smallest absolute Gasteiger partial charge is 0.0981 e. The van der Waals surface area contributed by atoms with Crippen molar-refractivity contribution in [3.63, 3.8) is 0 Å². The summed E-state index contributed by atoms with van der Waals surface area (Å²) in [6.07, 6.45) is 3.57. The molecule has 0 aliphatic rings. The lowest BCUT2D eigenvalue weighted by molar-refractivity contribution is 0.360. The maximum atomic E-state index is 3.49. The fourth-order valence-electron chi connectivity index (χ4n) is 1.25. The lowest BCUT2D eigenvalue weighted by Crippen LogP contribution is -2.41. The summed E-state index contributed by atoms with van der Waals surface area (Å²) in [5.41, 5.74) is 0.344. The number of nitrogens with one attached hydrogen (secondary N) is 2. The monoisotopic (exact) mass is 199 g/mol. The van der Waals surface area contributed by atoms with Gasteiger partial charge in [0.05, 0.1) is 6.17 Å². The summed E-state index contributed by atoms with van der Waals surface area (Å²) < 4.78 is 0. The molecule has 14 heavy (non-hydrogen) atoms. The first kappa shape index (κ1) is 13.9. The molecular weight excluding hydrogens is 172 g/mol. The van der Waals surface area contributed by atoms with E-state index in [2.05, 4.69) is 52.2 Å². The van der Waals surface area contributed by atoms with Gasteiger partial charge in [0.2, 0.25) is 0 Å². The van der Waals surface area contributed by atoms with Crippen molar-refractivity contribution in [3.05, 3.63) is 6.17 Å². The zero-order valence-electron chi connectivity index (χ0n) is 10.7. The highest BCUT2D eigenvalue weighted by Gasteiger charge is 2.13. The van der Waals surface area contributed by atoms with E-state index < -0.39 is 0 Å². The van der Waals surface area contributed by atoms with E-state index in [0.29, 0.717) is 11.5 Å². The molecule has 0 amide bonds.